The Morgan fingerprint density at radius 2 is 1.72 bits per heavy atom. The van der Waals surface area contributed by atoms with E-state index in [0.29, 0.717) is 10.8 Å². The number of nitrogens with one attached hydrogen (secondary N) is 1. The van der Waals surface area contributed by atoms with E-state index < -0.39 is 15.9 Å². The van der Waals surface area contributed by atoms with E-state index in [-0.39, 0.29) is 23.4 Å². The largest absolute Gasteiger partial charge is 0.309 e. The maximum absolute atomic E-state index is 12.9. The average Bonchev–Trinajstić information content (AvgIpc) is 3.17. The predicted molar refractivity (Wildman–Crippen MR) is 127 cm³/mol. The van der Waals surface area contributed by atoms with E-state index in [0.717, 1.165) is 15.7 Å². The zero-order valence-electron chi connectivity index (χ0n) is 18.5. The number of hydrogen-bond acceptors (Lipinski definition) is 4. The first kappa shape index (κ1) is 24.0. The minimum absolute atomic E-state index is 0.149. The van der Waals surface area contributed by atoms with Gasteiger partial charge in [0.1, 0.15) is 5.82 Å². The van der Waals surface area contributed by atoms with Crippen molar-refractivity contribution < 1.29 is 13.2 Å². The molecule has 32 heavy (non-hydrogen) atoms. The summed E-state index contributed by atoms with van der Waals surface area (Å²) < 4.78 is 28.6. The van der Waals surface area contributed by atoms with Crippen LogP contribution in [0.15, 0.2) is 65.6 Å². The van der Waals surface area contributed by atoms with Crippen molar-refractivity contribution in [3.05, 3.63) is 71.4 Å². The van der Waals surface area contributed by atoms with Gasteiger partial charge >= 0.3 is 0 Å². The molecule has 1 aromatic heterocycles. The smallest absolute Gasteiger partial charge is 0.243 e. The summed E-state index contributed by atoms with van der Waals surface area (Å²) in [6.45, 7) is 7.62. The minimum Gasteiger partial charge on any atom is -0.309 e. The van der Waals surface area contributed by atoms with Crippen molar-refractivity contribution in [3.8, 4) is 5.69 Å². The summed E-state index contributed by atoms with van der Waals surface area (Å²) in [4.78, 5) is 13.0. The molecule has 1 amide bonds. The van der Waals surface area contributed by atoms with Crippen molar-refractivity contribution in [2.45, 2.75) is 38.0 Å². The third-order valence-corrected chi connectivity index (χ3v) is 7.06. The fourth-order valence-corrected chi connectivity index (χ4v) is 4.62. The number of aromatic nitrogens is 2. The molecule has 0 atom stereocenters. The first-order chi connectivity index (χ1) is 15.0. The Hall–Kier alpha value is -2.68. The van der Waals surface area contributed by atoms with Crippen LogP contribution in [0.2, 0.25) is 5.02 Å². The van der Waals surface area contributed by atoms with Gasteiger partial charge in [-0.2, -0.15) is 9.40 Å². The lowest BCUT2D eigenvalue weighted by Crippen LogP contribution is -2.38. The minimum atomic E-state index is -3.79. The number of rotatable bonds is 7. The summed E-state index contributed by atoms with van der Waals surface area (Å²) in [7, 11) is -3.79. The van der Waals surface area contributed by atoms with Crippen LogP contribution in [-0.4, -0.2) is 41.5 Å². The maximum atomic E-state index is 12.9. The monoisotopic (exact) mass is 474 g/mol. The van der Waals surface area contributed by atoms with E-state index in [1.165, 1.54) is 12.1 Å². The maximum Gasteiger partial charge on any atom is 0.243 e. The molecule has 9 heteroatoms. The number of likely N-dealkylation sites (N-methyl/N-ethyl adjacent to an activating group) is 1. The second kappa shape index (κ2) is 9.44. The molecule has 0 aliphatic rings. The molecule has 0 unspecified atom stereocenters. The number of nitrogens with zero attached hydrogens (tertiary/aromatic N) is 3. The molecule has 0 fully saturated rings. The standard InChI is InChI=1S/C23H27ClN4O3S/c1-5-27(32(30,31)19-9-7-6-8-10-19)16-22(29)25-21-15-20(23(2,3)4)26-28(21)18-13-11-17(24)12-14-18/h6-15H,5,16H2,1-4H3,(H,25,29). The summed E-state index contributed by atoms with van der Waals surface area (Å²) in [5, 5.41) is 8.07. The predicted octanol–water partition coefficient (Wildman–Crippen LogP) is 4.47. The molecule has 0 aliphatic heterocycles. The fraction of sp³-hybridized carbons (Fsp3) is 0.304. The third-order valence-electron chi connectivity index (χ3n) is 4.87. The van der Waals surface area contributed by atoms with E-state index in [4.69, 9.17) is 11.6 Å². The SMILES string of the molecule is CCN(CC(=O)Nc1cc(C(C)(C)C)nn1-c1ccc(Cl)cc1)S(=O)(=O)c1ccccc1. The van der Waals surface area contributed by atoms with E-state index >= 15 is 0 Å². The number of hydrogen-bond donors (Lipinski definition) is 1. The fourth-order valence-electron chi connectivity index (χ4n) is 3.07. The molecule has 1 N–H and O–H groups in total. The van der Waals surface area contributed by atoms with Gasteiger partial charge in [0.25, 0.3) is 0 Å². The molecule has 0 bridgehead atoms. The van der Waals surface area contributed by atoms with Crippen LogP contribution in [0, 0.1) is 0 Å². The van der Waals surface area contributed by atoms with Gasteiger partial charge in [-0.25, -0.2) is 13.1 Å². The quantitative estimate of drug-likeness (QED) is 0.547. The number of benzene rings is 2. The Morgan fingerprint density at radius 3 is 2.28 bits per heavy atom. The van der Waals surface area contributed by atoms with Crippen LogP contribution in [0.4, 0.5) is 5.82 Å². The summed E-state index contributed by atoms with van der Waals surface area (Å²) in [6.07, 6.45) is 0. The first-order valence-electron chi connectivity index (χ1n) is 10.2. The molecule has 2 aromatic carbocycles. The number of halogens is 1. The molecule has 3 rings (SSSR count). The van der Waals surface area contributed by atoms with E-state index in [9.17, 15) is 13.2 Å². The number of anilines is 1. The third kappa shape index (κ3) is 5.38. The highest BCUT2D eigenvalue weighted by Crippen LogP contribution is 2.27. The van der Waals surface area contributed by atoms with Gasteiger partial charge in [0.2, 0.25) is 15.9 Å². The lowest BCUT2D eigenvalue weighted by molar-refractivity contribution is -0.116. The van der Waals surface area contributed by atoms with Crippen molar-refractivity contribution in [1.29, 1.82) is 0 Å². The lowest BCUT2D eigenvalue weighted by Gasteiger charge is -2.20. The normalized spacial score (nSPS) is 12.2. The zero-order chi connectivity index (χ0) is 23.5. The number of sulfonamides is 1. The van der Waals surface area contributed by atoms with Crippen LogP contribution < -0.4 is 5.32 Å². The highest BCUT2D eigenvalue weighted by molar-refractivity contribution is 7.89. The summed E-state index contributed by atoms with van der Waals surface area (Å²) in [5.41, 5.74) is 1.26. The van der Waals surface area contributed by atoms with Crippen LogP contribution in [0.1, 0.15) is 33.4 Å². The summed E-state index contributed by atoms with van der Waals surface area (Å²) >= 11 is 6.01. The Kier molecular flexibility index (Phi) is 7.07. The molecular formula is C23H27ClN4O3S. The van der Waals surface area contributed by atoms with Gasteiger partial charge in [-0.05, 0) is 36.4 Å². The Morgan fingerprint density at radius 1 is 1.09 bits per heavy atom. The first-order valence-corrected chi connectivity index (χ1v) is 12.1. The molecule has 0 radical (unpaired) electrons. The summed E-state index contributed by atoms with van der Waals surface area (Å²) in [6, 6.07) is 17.0. The summed E-state index contributed by atoms with van der Waals surface area (Å²) in [5.74, 6) is -0.00246. The molecule has 3 aromatic rings. The van der Waals surface area contributed by atoms with Crippen molar-refractivity contribution in [1.82, 2.24) is 14.1 Å². The van der Waals surface area contributed by atoms with Crippen LogP contribution in [0.25, 0.3) is 5.69 Å². The van der Waals surface area contributed by atoms with E-state index in [2.05, 4.69) is 10.4 Å². The molecule has 170 valence electrons. The molecule has 0 aliphatic carbocycles. The Labute approximate surface area is 194 Å². The van der Waals surface area contributed by atoms with Crippen molar-refractivity contribution in [3.63, 3.8) is 0 Å². The highest BCUT2D eigenvalue weighted by Gasteiger charge is 2.26. The number of carbonyl (C=O) groups excluding carboxylic acids is 1. The van der Waals surface area contributed by atoms with Crippen molar-refractivity contribution in [2.24, 2.45) is 0 Å². The van der Waals surface area contributed by atoms with Gasteiger partial charge in [0, 0.05) is 23.0 Å². The lowest BCUT2D eigenvalue weighted by atomic mass is 9.92. The topological polar surface area (TPSA) is 84.3 Å². The molecule has 0 saturated carbocycles. The van der Waals surface area contributed by atoms with Crippen molar-refractivity contribution in [2.75, 3.05) is 18.4 Å². The van der Waals surface area contributed by atoms with Crippen LogP contribution in [-0.2, 0) is 20.2 Å². The number of carbonyl (C=O) groups is 1. The second-order valence-electron chi connectivity index (χ2n) is 8.35. The number of amides is 1. The van der Waals surface area contributed by atoms with E-state index in [1.807, 2.05) is 20.8 Å². The van der Waals surface area contributed by atoms with Gasteiger partial charge in [-0.1, -0.05) is 57.5 Å². The van der Waals surface area contributed by atoms with E-state index in [1.54, 1.807) is 60.1 Å². The second-order valence-corrected chi connectivity index (χ2v) is 10.7. The molecule has 0 saturated heterocycles. The van der Waals surface area contributed by atoms with Gasteiger partial charge in [-0.3, -0.25) is 4.79 Å². The van der Waals surface area contributed by atoms with Gasteiger partial charge < -0.3 is 5.32 Å². The highest BCUT2D eigenvalue weighted by atomic mass is 35.5. The van der Waals surface area contributed by atoms with Gasteiger partial charge in [0.15, 0.2) is 0 Å². The van der Waals surface area contributed by atoms with Gasteiger partial charge in [0.05, 0.1) is 22.8 Å². The van der Waals surface area contributed by atoms with Gasteiger partial charge in [-0.15, -0.1) is 0 Å². The molecule has 7 nitrogen and oxygen atoms in total. The molecule has 1 heterocycles. The van der Waals surface area contributed by atoms with Crippen LogP contribution >= 0.6 is 11.6 Å². The Balaban J connectivity index is 1.88. The Bertz CT molecular complexity index is 1180. The zero-order valence-corrected chi connectivity index (χ0v) is 20.1. The van der Waals surface area contributed by atoms with Crippen LogP contribution in [0.5, 0.6) is 0 Å². The molecular weight excluding hydrogens is 448 g/mol. The van der Waals surface area contributed by atoms with Crippen LogP contribution in [0.3, 0.4) is 0 Å². The molecule has 0 spiro atoms. The average molecular weight is 475 g/mol. The van der Waals surface area contributed by atoms with Crippen molar-refractivity contribution >= 4 is 33.3 Å².